The predicted octanol–water partition coefficient (Wildman–Crippen LogP) is 6.31. The third-order valence-corrected chi connectivity index (χ3v) is 5.96. The van der Waals surface area contributed by atoms with Crippen molar-refractivity contribution in [3.8, 4) is 34.5 Å². The first kappa shape index (κ1) is 28.8. The molecule has 0 saturated heterocycles. The molecule has 0 heterocycles. The summed E-state index contributed by atoms with van der Waals surface area (Å²) in [5.74, 6) is 3.17. The summed E-state index contributed by atoms with van der Waals surface area (Å²) in [5, 5.41) is 5.66. The van der Waals surface area contributed by atoms with Crippen LogP contribution in [0.5, 0.6) is 34.5 Å². The second kappa shape index (κ2) is 13.7. The van der Waals surface area contributed by atoms with Crippen LogP contribution in [0.4, 0.5) is 11.4 Å². The molecule has 212 valence electrons. The van der Waals surface area contributed by atoms with Gasteiger partial charge in [-0.25, -0.2) is 0 Å². The fraction of sp³-hybridized carbons (Fsp3) is 0.188. The molecule has 0 aromatic heterocycles. The van der Waals surface area contributed by atoms with Crippen molar-refractivity contribution in [2.45, 2.75) is 26.1 Å². The molecule has 4 aromatic carbocycles. The van der Waals surface area contributed by atoms with Gasteiger partial charge in [0.15, 0.2) is 12.2 Å². The Balaban J connectivity index is 1.24. The summed E-state index contributed by atoms with van der Waals surface area (Å²) in [7, 11) is 3.17. The second-order valence-corrected chi connectivity index (χ2v) is 9.00. The van der Waals surface area contributed by atoms with Gasteiger partial charge in [-0.15, -0.1) is 0 Å². The van der Waals surface area contributed by atoms with Crippen molar-refractivity contribution in [2.24, 2.45) is 0 Å². The van der Waals surface area contributed by atoms with E-state index in [0.29, 0.717) is 45.9 Å². The molecular weight excluding hydrogens is 524 g/mol. The molecule has 0 saturated carbocycles. The first-order valence-electron chi connectivity index (χ1n) is 12.9. The fourth-order valence-corrected chi connectivity index (χ4v) is 3.66. The topological polar surface area (TPSA) is 104 Å². The molecule has 0 aliphatic carbocycles. The molecular formula is C32H32N2O7. The maximum absolute atomic E-state index is 12.5. The first-order valence-corrected chi connectivity index (χ1v) is 12.9. The third kappa shape index (κ3) is 8.40. The lowest BCUT2D eigenvalue weighted by atomic mass is 10.2. The number of benzene rings is 4. The molecule has 2 N–H and O–H groups in total. The Labute approximate surface area is 239 Å². The van der Waals surface area contributed by atoms with Gasteiger partial charge in [0.2, 0.25) is 0 Å². The van der Waals surface area contributed by atoms with Crippen LogP contribution in [0.15, 0.2) is 97.1 Å². The van der Waals surface area contributed by atoms with Crippen molar-refractivity contribution in [1.82, 2.24) is 0 Å². The van der Waals surface area contributed by atoms with Crippen LogP contribution >= 0.6 is 0 Å². The van der Waals surface area contributed by atoms with Crippen molar-refractivity contribution in [3.63, 3.8) is 0 Å². The highest BCUT2D eigenvalue weighted by Crippen LogP contribution is 2.25. The highest BCUT2D eigenvalue weighted by molar-refractivity contribution is 5.94. The summed E-state index contributed by atoms with van der Waals surface area (Å²) in [6.45, 7) is 3.36. The van der Waals surface area contributed by atoms with Gasteiger partial charge in [-0.1, -0.05) is 0 Å². The molecule has 9 heteroatoms. The van der Waals surface area contributed by atoms with Gasteiger partial charge in [-0.05, 0) is 111 Å². The smallest absolute Gasteiger partial charge is 0.265 e. The van der Waals surface area contributed by atoms with Gasteiger partial charge >= 0.3 is 0 Å². The minimum Gasteiger partial charge on any atom is -0.497 e. The van der Waals surface area contributed by atoms with E-state index in [9.17, 15) is 9.59 Å². The Kier molecular flexibility index (Phi) is 9.66. The molecule has 0 aliphatic rings. The van der Waals surface area contributed by atoms with Crippen molar-refractivity contribution >= 4 is 23.2 Å². The molecule has 4 aromatic rings. The minimum atomic E-state index is -0.699. The van der Waals surface area contributed by atoms with Crippen LogP contribution in [-0.4, -0.2) is 38.2 Å². The molecule has 0 fully saturated rings. The van der Waals surface area contributed by atoms with Crippen LogP contribution in [0.1, 0.15) is 13.8 Å². The Morgan fingerprint density at radius 3 is 1.10 bits per heavy atom. The van der Waals surface area contributed by atoms with Crippen LogP contribution in [0.3, 0.4) is 0 Å². The predicted molar refractivity (Wildman–Crippen MR) is 156 cm³/mol. The van der Waals surface area contributed by atoms with E-state index >= 15 is 0 Å². The largest absolute Gasteiger partial charge is 0.497 e. The zero-order valence-electron chi connectivity index (χ0n) is 23.3. The maximum atomic E-state index is 12.5. The van der Waals surface area contributed by atoms with Gasteiger partial charge in [-0.3, -0.25) is 9.59 Å². The van der Waals surface area contributed by atoms with E-state index in [1.54, 1.807) is 125 Å². The molecule has 41 heavy (non-hydrogen) atoms. The number of nitrogens with one attached hydrogen (secondary N) is 2. The van der Waals surface area contributed by atoms with Crippen molar-refractivity contribution in [1.29, 1.82) is 0 Å². The van der Waals surface area contributed by atoms with E-state index in [0.717, 1.165) is 0 Å². The molecule has 4 rings (SSSR count). The summed E-state index contributed by atoms with van der Waals surface area (Å²) < 4.78 is 27.6. The second-order valence-electron chi connectivity index (χ2n) is 9.00. The molecule has 9 nitrogen and oxygen atoms in total. The Morgan fingerprint density at radius 1 is 0.488 bits per heavy atom. The number of anilines is 2. The number of hydrogen-bond donors (Lipinski definition) is 2. The number of amides is 2. The number of hydrogen-bond acceptors (Lipinski definition) is 7. The number of ether oxygens (including phenoxy) is 5. The molecule has 0 aliphatic heterocycles. The number of carbonyl (C=O) groups is 2. The monoisotopic (exact) mass is 556 g/mol. The number of carbonyl (C=O) groups excluding carboxylic acids is 2. The van der Waals surface area contributed by atoms with E-state index in [1.165, 1.54) is 0 Å². The Hall–Kier alpha value is -5.18. The molecule has 0 bridgehead atoms. The SMILES string of the molecule is COc1ccc(OC(C)C(=O)Nc2ccc(Oc3ccc(NC(=O)C(C)Oc4ccc(OC)cc4)cc3)cc2)cc1. The zero-order valence-corrected chi connectivity index (χ0v) is 23.3. The van der Waals surface area contributed by atoms with Gasteiger partial charge in [0.05, 0.1) is 14.2 Å². The van der Waals surface area contributed by atoms with Crippen LogP contribution in [0.2, 0.25) is 0 Å². The average Bonchev–Trinajstić information content (AvgIpc) is 2.99. The van der Waals surface area contributed by atoms with Crippen LogP contribution in [-0.2, 0) is 9.59 Å². The normalized spacial score (nSPS) is 11.9. The summed E-state index contributed by atoms with van der Waals surface area (Å²) in [5.41, 5.74) is 1.22. The summed E-state index contributed by atoms with van der Waals surface area (Å²) in [6.07, 6.45) is -1.40. The van der Waals surface area contributed by atoms with E-state index < -0.39 is 12.2 Å². The quantitative estimate of drug-likeness (QED) is 0.211. The molecule has 0 radical (unpaired) electrons. The lowest BCUT2D eigenvalue weighted by Crippen LogP contribution is -2.30. The van der Waals surface area contributed by atoms with Gasteiger partial charge in [0.25, 0.3) is 11.8 Å². The number of methoxy groups -OCH3 is 2. The first-order chi connectivity index (χ1) is 19.8. The summed E-state index contributed by atoms with van der Waals surface area (Å²) in [4.78, 5) is 25.1. The highest BCUT2D eigenvalue weighted by Gasteiger charge is 2.16. The average molecular weight is 557 g/mol. The third-order valence-electron chi connectivity index (χ3n) is 5.96. The lowest BCUT2D eigenvalue weighted by molar-refractivity contribution is -0.122. The lowest BCUT2D eigenvalue weighted by Gasteiger charge is -2.15. The fourth-order valence-electron chi connectivity index (χ4n) is 3.66. The Morgan fingerprint density at radius 2 is 0.780 bits per heavy atom. The summed E-state index contributed by atoms with van der Waals surface area (Å²) >= 11 is 0. The van der Waals surface area contributed by atoms with E-state index in [2.05, 4.69) is 10.6 Å². The van der Waals surface area contributed by atoms with Gasteiger partial charge in [-0.2, -0.15) is 0 Å². The molecule has 0 spiro atoms. The van der Waals surface area contributed by atoms with E-state index in [-0.39, 0.29) is 11.8 Å². The van der Waals surface area contributed by atoms with E-state index in [1.807, 2.05) is 0 Å². The van der Waals surface area contributed by atoms with Crippen molar-refractivity contribution in [2.75, 3.05) is 24.9 Å². The van der Waals surface area contributed by atoms with Crippen molar-refractivity contribution in [3.05, 3.63) is 97.1 Å². The molecule has 2 unspecified atom stereocenters. The van der Waals surface area contributed by atoms with Crippen LogP contribution < -0.4 is 34.3 Å². The van der Waals surface area contributed by atoms with E-state index in [4.69, 9.17) is 23.7 Å². The van der Waals surface area contributed by atoms with Crippen LogP contribution in [0.25, 0.3) is 0 Å². The van der Waals surface area contributed by atoms with Crippen molar-refractivity contribution < 1.29 is 33.3 Å². The minimum absolute atomic E-state index is 0.282. The number of rotatable bonds is 12. The maximum Gasteiger partial charge on any atom is 0.265 e. The van der Waals surface area contributed by atoms with Gasteiger partial charge < -0.3 is 34.3 Å². The Bertz CT molecular complexity index is 1310. The van der Waals surface area contributed by atoms with Crippen LogP contribution in [0, 0.1) is 0 Å². The van der Waals surface area contributed by atoms with Gasteiger partial charge in [0.1, 0.15) is 34.5 Å². The van der Waals surface area contributed by atoms with Gasteiger partial charge in [0, 0.05) is 11.4 Å². The standard InChI is InChI=1S/C32H32N2O7/c1-21(39-27-17-13-25(37-3)14-18-27)31(35)33-23-5-9-29(10-6-23)41-30-11-7-24(8-12-30)34-32(36)22(2)40-28-19-15-26(38-4)16-20-28/h5-22H,1-4H3,(H,33,35)(H,34,36). The molecule has 2 amide bonds. The highest BCUT2D eigenvalue weighted by atomic mass is 16.5. The summed E-state index contributed by atoms with van der Waals surface area (Å²) in [6, 6.07) is 28.0. The zero-order chi connectivity index (χ0) is 29.2. The molecule has 2 atom stereocenters.